The van der Waals surface area contributed by atoms with Gasteiger partial charge in [-0.1, -0.05) is 56.7 Å². The van der Waals surface area contributed by atoms with Crippen molar-refractivity contribution in [1.82, 2.24) is 9.97 Å². The van der Waals surface area contributed by atoms with Crippen LogP contribution in [0.15, 0.2) is 78.8 Å². The summed E-state index contributed by atoms with van der Waals surface area (Å²) in [5.74, 6) is -1.48. The Balaban J connectivity index is 0.00000110. The average molecular weight is 497 g/mol. The monoisotopic (exact) mass is 496 g/mol. The molecule has 1 aliphatic rings. The molecule has 2 aromatic carbocycles. The number of hydrogen-bond acceptors (Lipinski definition) is 5. The molecule has 1 heterocycles. The zero-order chi connectivity index (χ0) is 26.3. The molecule has 0 bridgehead atoms. The number of benzene rings is 2. The van der Waals surface area contributed by atoms with Crippen LogP contribution in [0.3, 0.4) is 0 Å². The highest BCUT2D eigenvalue weighted by Crippen LogP contribution is 2.33. The molecule has 3 N–H and O–H groups in total. The predicted molar refractivity (Wildman–Crippen MR) is 146 cm³/mol. The lowest BCUT2D eigenvalue weighted by Gasteiger charge is -2.27. The van der Waals surface area contributed by atoms with Crippen LogP contribution in [0.4, 0.5) is 20.4 Å². The Morgan fingerprint density at radius 1 is 1.11 bits per heavy atom. The summed E-state index contributed by atoms with van der Waals surface area (Å²) in [6.07, 6.45) is 4.59. The van der Waals surface area contributed by atoms with E-state index in [2.05, 4.69) is 39.8 Å². The second-order valence-electron chi connectivity index (χ2n) is 9.63. The highest BCUT2D eigenvalue weighted by atomic mass is 19.3. The fourth-order valence-electron chi connectivity index (χ4n) is 3.44. The maximum Gasteiger partial charge on any atom is 0.270 e. The van der Waals surface area contributed by atoms with Crippen molar-refractivity contribution in [3.8, 4) is 11.1 Å². The second-order valence-corrected chi connectivity index (χ2v) is 9.63. The third kappa shape index (κ3) is 7.23. The van der Waals surface area contributed by atoms with Gasteiger partial charge in [-0.05, 0) is 55.2 Å². The molecule has 0 unspecified atom stereocenters. The number of anilines is 2. The number of aliphatic hydroxyl groups excluding tert-OH is 1. The minimum absolute atomic E-state index is 0. The van der Waals surface area contributed by atoms with Crippen molar-refractivity contribution >= 4 is 11.6 Å². The topological polar surface area (TPSA) is 70.1 Å². The van der Waals surface area contributed by atoms with Crippen LogP contribution in [0.25, 0.3) is 11.1 Å². The van der Waals surface area contributed by atoms with Gasteiger partial charge < -0.3 is 15.7 Å². The van der Waals surface area contributed by atoms with Crippen LogP contribution in [-0.4, -0.2) is 21.8 Å². The van der Waals surface area contributed by atoms with Crippen LogP contribution in [-0.2, 0) is 11.3 Å². The Bertz CT molecular complexity index is 1220. The summed E-state index contributed by atoms with van der Waals surface area (Å²) in [4.78, 5) is 8.53. The first kappa shape index (κ1) is 27.1. The minimum atomic E-state index is -2.89. The molecule has 1 fully saturated rings. The molecule has 0 aliphatic heterocycles. The van der Waals surface area contributed by atoms with Gasteiger partial charge in [-0.2, -0.15) is 0 Å². The first-order valence-electron chi connectivity index (χ1n) is 12.0. The number of rotatable bonds is 8. The van der Waals surface area contributed by atoms with Crippen LogP contribution in [0.5, 0.6) is 0 Å². The van der Waals surface area contributed by atoms with Crippen LogP contribution in [0.2, 0.25) is 0 Å². The standard InChI is InChI=1S/C25H26F2N4O.C4H8.2H2/c1-5-21(24(2,3)22-13-14-28-23(31-22)29-16-32)30-20-11-9-17(10-12-20)18-7-6-8-19(15-18)25(4,26)27;1-4-2-3-4;;/h6-15,30,32H,1,16H2,2-4H3,(H,28,29,31);4H,2-3H2,1H3;2*1H. The Morgan fingerprint density at radius 2 is 1.78 bits per heavy atom. The molecule has 7 heteroatoms. The maximum atomic E-state index is 13.7. The fourth-order valence-corrected chi connectivity index (χ4v) is 3.44. The Labute approximate surface area is 215 Å². The molecule has 3 aromatic rings. The van der Waals surface area contributed by atoms with E-state index < -0.39 is 11.3 Å². The van der Waals surface area contributed by atoms with Crippen molar-refractivity contribution < 1.29 is 16.7 Å². The second kappa shape index (κ2) is 11.5. The van der Waals surface area contributed by atoms with Crippen molar-refractivity contribution in [1.29, 1.82) is 0 Å². The van der Waals surface area contributed by atoms with Crippen LogP contribution < -0.4 is 10.6 Å². The summed E-state index contributed by atoms with van der Waals surface area (Å²) in [6.45, 7) is 10.7. The van der Waals surface area contributed by atoms with Crippen molar-refractivity contribution in [3.63, 3.8) is 0 Å². The van der Waals surface area contributed by atoms with E-state index in [0.29, 0.717) is 11.6 Å². The average Bonchev–Trinajstić information content (AvgIpc) is 3.65. The molecular weight excluding hydrogens is 458 g/mol. The quantitative estimate of drug-likeness (QED) is 0.221. The molecular formula is C29H38F2N4O. The highest BCUT2D eigenvalue weighted by molar-refractivity contribution is 5.67. The van der Waals surface area contributed by atoms with Crippen LogP contribution in [0.1, 0.15) is 54.6 Å². The van der Waals surface area contributed by atoms with Crippen molar-refractivity contribution in [2.24, 2.45) is 5.92 Å². The van der Waals surface area contributed by atoms with E-state index in [0.717, 1.165) is 35.3 Å². The van der Waals surface area contributed by atoms with Crippen molar-refractivity contribution in [2.45, 2.75) is 51.9 Å². The summed E-state index contributed by atoms with van der Waals surface area (Å²) < 4.78 is 27.3. The summed E-state index contributed by atoms with van der Waals surface area (Å²) in [7, 11) is 0. The molecule has 1 aromatic heterocycles. The van der Waals surface area contributed by atoms with E-state index in [1.54, 1.807) is 18.3 Å². The van der Waals surface area contributed by atoms with E-state index >= 15 is 0 Å². The summed E-state index contributed by atoms with van der Waals surface area (Å²) in [5.41, 5.74) is 6.14. The summed E-state index contributed by atoms with van der Waals surface area (Å²) in [5, 5.41) is 15.1. The SMILES string of the molecule is C=C=C(Nc1ccc(-c2cccc(C(C)(F)F)c2)cc1)C(C)(C)c1ccnc(NCO)n1.CC1CC1.[HH].[HH]. The number of aromatic nitrogens is 2. The van der Waals surface area contributed by atoms with Gasteiger partial charge in [0.25, 0.3) is 5.92 Å². The Morgan fingerprint density at radius 3 is 2.33 bits per heavy atom. The van der Waals surface area contributed by atoms with Gasteiger partial charge in [0.1, 0.15) is 6.73 Å². The number of halogens is 2. The van der Waals surface area contributed by atoms with Gasteiger partial charge in [-0.15, -0.1) is 5.73 Å². The summed E-state index contributed by atoms with van der Waals surface area (Å²) in [6, 6.07) is 15.7. The largest absolute Gasteiger partial charge is 0.376 e. The Hall–Kier alpha value is -3.54. The third-order valence-electron chi connectivity index (χ3n) is 6.06. The third-order valence-corrected chi connectivity index (χ3v) is 6.06. The lowest BCUT2D eigenvalue weighted by Crippen LogP contribution is -2.26. The van der Waals surface area contributed by atoms with E-state index in [9.17, 15) is 8.78 Å². The number of alkyl halides is 2. The normalized spacial score (nSPS) is 13.2. The first-order valence-corrected chi connectivity index (χ1v) is 12.0. The molecule has 4 rings (SSSR count). The number of allylic oxidation sites excluding steroid dienone is 1. The van der Waals surface area contributed by atoms with Gasteiger partial charge in [0.05, 0.1) is 16.8 Å². The lowest BCUT2D eigenvalue weighted by molar-refractivity contribution is 0.0175. The van der Waals surface area contributed by atoms with Gasteiger partial charge in [0, 0.05) is 27.2 Å². The molecule has 36 heavy (non-hydrogen) atoms. The van der Waals surface area contributed by atoms with Gasteiger partial charge >= 0.3 is 0 Å². The molecule has 5 nitrogen and oxygen atoms in total. The molecule has 0 atom stereocenters. The zero-order valence-corrected chi connectivity index (χ0v) is 21.3. The Kier molecular flexibility index (Phi) is 8.62. The molecule has 0 amide bonds. The number of aliphatic hydroxyl groups is 1. The number of nitrogens with zero attached hydrogens (tertiary/aromatic N) is 2. The van der Waals surface area contributed by atoms with Gasteiger partial charge in [-0.25, -0.2) is 18.7 Å². The van der Waals surface area contributed by atoms with Gasteiger partial charge in [0.15, 0.2) is 0 Å². The van der Waals surface area contributed by atoms with Gasteiger partial charge in [0.2, 0.25) is 5.95 Å². The summed E-state index contributed by atoms with van der Waals surface area (Å²) >= 11 is 0. The van der Waals surface area contributed by atoms with E-state index in [-0.39, 0.29) is 15.1 Å². The number of nitrogens with one attached hydrogen (secondary N) is 2. The van der Waals surface area contributed by atoms with Crippen molar-refractivity contribution in [3.05, 3.63) is 90.1 Å². The molecule has 194 valence electrons. The smallest absolute Gasteiger partial charge is 0.270 e. The number of hydrogen-bond donors (Lipinski definition) is 3. The minimum Gasteiger partial charge on any atom is -0.376 e. The molecule has 0 radical (unpaired) electrons. The van der Waals surface area contributed by atoms with E-state index in [4.69, 9.17) is 5.11 Å². The molecule has 1 saturated carbocycles. The van der Waals surface area contributed by atoms with Crippen molar-refractivity contribution in [2.75, 3.05) is 17.4 Å². The molecule has 1 aliphatic carbocycles. The lowest BCUT2D eigenvalue weighted by atomic mass is 9.85. The molecule has 0 spiro atoms. The zero-order valence-electron chi connectivity index (χ0n) is 21.3. The van der Waals surface area contributed by atoms with E-state index in [1.165, 1.54) is 25.0 Å². The fraction of sp³-hybridized carbons (Fsp3) is 0.345. The van der Waals surface area contributed by atoms with Crippen LogP contribution in [0, 0.1) is 5.92 Å². The maximum absolute atomic E-state index is 13.7. The van der Waals surface area contributed by atoms with Gasteiger partial charge in [-0.3, -0.25) is 0 Å². The predicted octanol–water partition coefficient (Wildman–Crippen LogP) is 7.58. The van der Waals surface area contributed by atoms with E-state index in [1.807, 2.05) is 44.2 Å². The first-order chi connectivity index (χ1) is 17.0. The molecule has 0 saturated heterocycles. The highest BCUT2D eigenvalue weighted by Gasteiger charge is 2.28. The van der Waals surface area contributed by atoms with Crippen LogP contribution >= 0.6 is 0 Å².